The van der Waals surface area contributed by atoms with Crippen LogP contribution in [0.2, 0.25) is 5.02 Å². The van der Waals surface area contributed by atoms with E-state index in [1.54, 1.807) is 35.0 Å². The second-order valence-corrected chi connectivity index (χ2v) is 7.74. The van der Waals surface area contributed by atoms with Crippen LogP contribution in [-0.2, 0) is 13.2 Å². The Morgan fingerprint density at radius 3 is 2.81 bits per heavy atom. The molecule has 0 unspecified atom stereocenters. The Hall–Kier alpha value is -3.51. The van der Waals surface area contributed by atoms with E-state index in [0.29, 0.717) is 28.9 Å². The molecule has 158 valence electrons. The number of aryl methyl sites for hydroxylation is 2. The number of nitrogens with one attached hydrogen (secondary N) is 1. The largest absolute Gasteiger partial charge is 0.485 e. The van der Waals surface area contributed by atoms with E-state index in [0.717, 1.165) is 11.1 Å². The van der Waals surface area contributed by atoms with Gasteiger partial charge < -0.3 is 14.5 Å². The highest BCUT2D eigenvalue weighted by atomic mass is 35.5. The van der Waals surface area contributed by atoms with E-state index in [9.17, 15) is 4.79 Å². The van der Waals surface area contributed by atoms with E-state index < -0.39 is 0 Å². The number of benzene rings is 2. The maximum Gasteiger partial charge on any atom is 0.292 e. The number of anilines is 1. The summed E-state index contributed by atoms with van der Waals surface area (Å²) in [6.07, 6.45) is 1.83. The van der Waals surface area contributed by atoms with Gasteiger partial charge in [-0.15, -0.1) is 0 Å². The van der Waals surface area contributed by atoms with E-state index in [2.05, 4.69) is 29.5 Å². The van der Waals surface area contributed by atoms with Gasteiger partial charge in [-0.25, -0.2) is 0 Å². The summed E-state index contributed by atoms with van der Waals surface area (Å²) in [6.45, 7) is 4.81. The molecule has 0 aliphatic rings. The lowest BCUT2D eigenvalue weighted by molar-refractivity contribution is 0.0992. The van der Waals surface area contributed by atoms with Gasteiger partial charge >= 0.3 is 0 Å². The Bertz CT molecular complexity index is 1210. The highest BCUT2D eigenvalue weighted by Crippen LogP contribution is 2.23. The van der Waals surface area contributed by atoms with Gasteiger partial charge in [-0.1, -0.05) is 41.4 Å². The lowest BCUT2D eigenvalue weighted by Crippen LogP contribution is -2.12. The Morgan fingerprint density at radius 1 is 1.13 bits per heavy atom. The molecule has 0 fully saturated rings. The molecule has 31 heavy (non-hydrogen) atoms. The summed E-state index contributed by atoms with van der Waals surface area (Å²) in [5, 5.41) is 7.82. The Morgan fingerprint density at radius 2 is 2.00 bits per heavy atom. The summed E-state index contributed by atoms with van der Waals surface area (Å²) in [7, 11) is 0. The average Bonchev–Trinajstić information content (AvgIpc) is 3.37. The number of furan rings is 1. The first-order valence-electron chi connectivity index (χ1n) is 9.84. The van der Waals surface area contributed by atoms with Gasteiger partial charge in [0.25, 0.3) is 5.91 Å². The van der Waals surface area contributed by atoms with Crippen molar-refractivity contribution in [1.82, 2.24) is 9.78 Å². The van der Waals surface area contributed by atoms with Crippen LogP contribution in [0.5, 0.6) is 5.75 Å². The highest BCUT2D eigenvalue weighted by Gasteiger charge is 2.14. The molecule has 2 aromatic heterocycles. The predicted molar refractivity (Wildman–Crippen MR) is 120 cm³/mol. The van der Waals surface area contributed by atoms with Crippen molar-refractivity contribution in [3.8, 4) is 5.75 Å². The monoisotopic (exact) mass is 435 g/mol. The van der Waals surface area contributed by atoms with Gasteiger partial charge in [0, 0.05) is 17.3 Å². The zero-order valence-electron chi connectivity index (χ0n) is 17.3. The summed E-state index contributed by atoms with van der Waals surface area (Å²) in [5.41, 5.74) is 3.27. The predicted octanol–water partition coefficient (Wildman–Crippen LogP) is 5.63. The number of carbonyl (C=O) groups is 1. The molecular weight excluding hydrogens is 414 g/mol. The third-order valence-electron chi connectivity index (χ3n) is 4.70. The van der Waals surface area contributed by atoms with E-state index >= 15 is 0 Å². The zero-order valence-corrected chi connectivity index (χ0v) is 18.0. The standard InChI is InChI=1S/C24H22ClN3O3/c1-16-4-3-5-18(12-16)14-28-11-10-23(27-28)26-24(29)22-9-7-20(31-22)15-30-21-8-6-19(25)13-17(21)2/h3-13H,14-15H2,1-2H3,(H,26,27,29). The minimum Gasteiger partial charge on any atom is -0.485 e. The Labute approximate surface area is 185 Å². The fourth-order valence-corrected chi connectivity index (χ4v) is 3.42. The smallest absolute Gasteiger partial charge is 0.292 e. The maximum atomic E-state index is 12.5. The molecule has 0 spiro atoms. The van der Waals surface area contributed by atoms with Crippen LogP contribution in [0.4, 0.5) is 5.82 Å². The minimum atomic E-state index is -0.366. The highest BCUT2D eigenvalue weighted by molar-refractivity contribution is 6.30. The summed E-state index contributed by atoms with van der Waals surface area (Å²) in [5.74, 6) is 1.55. The van der Waals surface area contributed by atoms with Crippen molar-refractivity contribution < 1.29 is 13.9 Å². The number of nitrogens with zero attached hydrogens (tertiary/aromatic N) is 2. The number of rotatable bonds is 7. The molecule has 1 N–H and O–H groups in total. The topological polar surface area (TPSA) is 69.3 Å². The molecule has 0 aliphatic heterocycles. The first-order chi connectivity index (χ1) is 15.0. The van der Waals surface area contributed by atoms with Crippen molar-refractivity contribution in [3.63, 3.8) is 0 Å². The van der Waals surface area contributed by atoms with Gasteiger partial charge in [0.05, 0.1) is 6.54 Å². The first kappa shape index (κ1) is 20.8. The Balaban J connectivity index is 1.34. The van der Waals surface area contributed by atoms with Crippen LogP contribution in [0.25, 0.3) is 0 Å². The van der Waals surface area contributed by atoms with Crippen molar-refractivity contribution in [1.29, 1.82) is 0 Å². The molecule has 1 amide bonds. The number of hydrogen-bond acceptors (Lipinski definition) is 4. The van der Waals surface area contributed by atoms with Crippen molar-refractivity contribution in [3.05, 3.63) is 100 Å². The third kappa shape index (κ3) is 5.35. The molecule has 0 atom stereocenters. The molecule has 4 rings (SSSR count). The van der Waals surface area contributed by atoms with Gasteiger partial charge in [0.15, 0.2) is 11.6 Å². The maximum absolute atomic E-state index is 12.5. The minimum absolute atomic E-state index is 0.194. The number of halogens is 1. The Kier molecular flexibility index (Phi) is 6.09. The summed E-state index contributed by atoms with van der Waals surface area (Å²) in [4.78, 5) is 12.5. The molecule has 4 aromatic rings. The fourth-order valence-electron chi connectivity index (χ4n) is 3.19. The van der Waals surface area contributed by atoms with Gasteiger partial charge in [-0.3, -0.25) is 9.48 Å². The molecular formula is C24H22ClN3O3. The third-order valence-corrected chi connectivity index (χ3v) is 4.94. The second-order valence-electron chi connectivity index (χ2n) is 7.31. The lowest BCUT2D eigenvalue weighted by atomic mass is 10.1. The van der Waals surface area contributed by atoms with Crippen LogP contribution >= 0.6 is 11.6 Å². The van der Waals surface area contributed by atoms with Crippen LogP contribution in [0.15, 0.2) is 71.3 Å². The number of amides is 1. The summed E-state index contributed by atoms with van der Waals surface area (Å²) in [6, 6.07) is 18.7. The van der Waals surface area contributed by atoms with E-state index in [-0.39, 0.29) is 18.3 Å². The molecule has 7 heteroatoms. The quantitative estimate of drug-likeness (QED) is 0.408. The lowest BCUT2D eigenvalue weighted by Gasteiger charge is -2.07. The molecule has 0 bridgehead atoms. The zero-order chi connectivity index (χ0) is 21.8. The van der Waals surface area contributed by atoms with Crippen LogP contribution in [0.1, 0.15) is 33.0 Å². The SMILES string of the molecule is Cc1cccc(Cn2ccc(NC(=O)c3ccc(COc4ccc(Cl)cc4C)o3)n2)c1. The second kappa shape index (κ2) is 9.10. The molecule has 0 aliphatic carbocycles. The molecule has 6 nitrogen and oxygen atoms in total. The first-order valence-corrected chi connectivity index (χ1v) is 10.2. The normalized spacial score (nSPS) is 10.8. The molecule has 0 saturated carbocycles. The molecule has 0 radical (unpaired) electrons. The van der Waals surface area contributed by atoms with Crippen molar-refractivity contribution >= 4 is 23.3 Å². The van der Waals surface area contributed by atoms with Crippen molar-refractivity contribution in [2.24, 2.45) is 0 Å². The van der Waals surface area contributed by atoms with Crippen LogP contribution in [0.3, 0.4) is 0 Å². The van der Waals surface area contributed by atoms with Crippen molar-refractivity contribution in [2.45, 2.75) is 27.0 Å². The summed E-state index contributed by atoms with van der Waals surface area (Å²) < 4.78 is 13.2. The van der Waals surface area contributed by atoms with Crippen LogP contribution in [-0.4, -0.2) is 15.7 Å². The molecule has 2 aromatic carbocycles. The number of aromatic nitrogens is 2. The van der Waals surface area contributed by atoms with E-state index in [1.807, 2.05) is 31.3 Å². The van der Waals surface area contributed by atoms with Gasteiger partial charge in [-0.2, -0.15) is 5.10 Å². The molecule has 0 saturated heterocycles. The van der Waals surface area contributed by atoms with E-state index in [4.69, 9.17) is 20.8 Å². The van der Waals surface area contributed by atoms with E-state index in [1.165, 1.54) is 5.56 Å². The number of carbonyl (C=O) groups excluding carboxylic acids is 1. The van der Waals surface area contributed by atoms with Gasteiger partial charge in [0.1, 0.15) is 18.1 Å². The van der Waals surface area contributed by atoms with Crippen LogP contribution in [0, 0.1) is 13.8 Å². The van der Waals surface area contributed by atoms with Crippen molar-refractivity contribution in [2.75, 3.05) is 5.32 Å². The average molecular weight is 436 g/mol. The molecule has 2 heterocycles. The number of ether oxygens (including phenoxy) is 1. The summed E-state index contributed by atoms with van der Waals surface area (Å²) >= 11 is 5.96. The van der Waals surface area contributed by atoms with Gasteiger partial charge in [0.2, 0.25) is 0 Å². The van der Waals surface area contributed by atoms with Crippen LogP contribution < -0.4 is 10.1 Å². The number of hydrogen-bond donors (Lipinski definition) is 1. The van der Waals surface area contributed by atoms with Gasteiger partial charge in [-0.05, 0) is 55.3 Å². The fraction of sp³-hybridized carbons (Fsp3) is 0.167.